The van der Waals surface area contributed by atoms with E-state index in [1.54, 1.807) is 24.3 Å². The largest absolute Gasteiger partial charge is 0.495 e. The molecular formula is C23H26N2O3. The van der Waals surface area contributed by atoms with Crippen LogP contribution in [0, 0.1) is 22.2 Å². The molecule has 0 heterocycles. The van der Waals surface area contributed by atoms with Crippen molar-refractivity contribution in [2.75, 3.05) is 7.11 Å². The van der Waals surface area contributed by atoms with Crippen LogP contribution in [-0.4, -0.2) is 19.1 Å². The Balaban J connectivity index is 1.95. The van der Waals surface area contributed by atoms with E-state index in [0.29, 0.717) is 22.6 Å². The van der Waals surface area contributed by atoms with Gasteiger partial charge in [-0.3, -0.25) is 4.79 Å². The number of rotatable bonds is 5. The Bertz CT molecular complexity index is 941. The van der Waals surface area contributed by atoms with E-state index in [4.69, 9.17) is 20.5 Å². The van der Waals surface area contributed by atoms with Crippen LogP contribution >= 0.6 is 0 Å². The minimum atomic E-state index is -0.414. The van der Waals surface area contributed by atoms with Crippen LogP contribution in [0.3, 0.4) is 0 Å². The Morgan fingerprint density at radius 3 is 2.32 bits per heavy atom. The fourth-order valence-electron chi connectivity index (χ4n) is 5.18. The van der Waals surface area contributed by atoms with E-state index >= 15 is 0 Å². The average Bonchev–Trinajstić information content (AvgIpc) is 2.65. The summed E-state index contributed by atoms with van der Waals surface area (Å²) in [6.45, 7) is 8.58. The Morgan fingerprint density at radius 2 is 1.75 bits per heavy atom. The summed E-state index contributed by atoms with van der Waals surface area (Å²) < 4.78 is 11.7. The molecule has 0 bridgehead atoms. The first-order chi connectivity index (χ1) is 13.1. The van der Waals surface area contributed by atoms with Crippen LogP contribution in [0.4, 0.5) is 0 Å². The van der Waals surface area contributed by atoms with Crippen LogP contribution in [0.1, 0.15) is 55.1 Å². The normalized spacial score (nSPS) is 21.9. The van der Waals surface area contributed by atoms with Crippen molar-refractivity contribution in [1.29, 1.82) is 5.26 Å². The molecule has 5 nitrogen and oxygen atoms in total. The van der Waals surface area contributed by atoms with E-state index in [9.17, 15) is 4.79 Å². The van der Waals surface area contributed by atoms with E-state index in [0.717, 1.165) is 5.56 Å². The highest BCUT2D eigenvalue weighted by molar-refractivity contribution is 5.94. The predicted molar refractivity (Wildman–Crippen MR) is 107 cm³/mol. The minimum Gasteiger partial charge on any atom is -0.495 e. The summed E-state index contributed by atoms with van der Waals surface area (Å²) >= 11 is 0. The summed E-state index contributed by atoms with van der Waals surface area (Å²) in [6, 6.07) is 14.9. The molecule has 1 amide bonds. The van der Waals surface area contributed by atoms with Crippen molar-refractivity contribution in [3.8, 4) is 17.6 Å². The number of nitriles is 1. The lowest BCUT2D eigenvalue weighted by Gasteiger charge is -2.63. The van der Waals surface area contributed by atoms with Gasteiger partial charge in [-0.05, 0) is 23.8 Å². The Morgan fingerprint density at radius 1 is 1.11 bits per heavy atom. The summed E-state index contributed by atoms with van der Waals surface area (Å²) in [5.74, 6) is 0.839. The number of primary amides is 1. The second-order valence-electron chi connectivity index (χ2n) is 8.50. The molecule has 28 heavy (non-hydrogen) atoms. The maximum Gasteiger partial charge on any atom is 0.248 e. The molecule has 0 spiro atoms. The molecule has 1 aliphatic carbocycles. The van der Waals surface area contributed by atoms with Crippen LogP contribution in [0.2, 0.25) is 0 Å². The lowest BCUT2D eigenvalue weighted by Crippen LogP contribution is -2.64. The second kappa shape index (κ2) is 6.87. The Kier molecular flexibility index (Phi) is 4.84. The topological polar surface area (TPSA) is 85.3 Å². The van der Waals surface area contributed by atoms with Crippen molar-refractivity contribution in [1.82, 2.24) is 0 Å². The lowest BCUT2D eigenvalue weighted by atomic mass is 9.44. The maximum absolute atomic E-state index is 11.9. The van der Waals surface area contributed by atoms with Gasteiger partial charge in [0.1, 0.15) is 23.7 Å². The Labute approximate surface area is 166 Å². The van der Waals surface area contributed by atoms with Crippen LogP contribution in [0.15, 0.2) is 42.5 Å². The minimum absolute atomic E-state index is 0.0939. The highest BCUT2D eigenvalue weighted by Gasteiger charge is 2.64. The van der Waals surface area contributed by atoms with E-state index < -0.39 is 5.91 Å². The van der Waals surface area contributed by atoms with Crippen molar-refractivity contribution in [2.24, 2.45) is 16.6 Å². The van der Waals surface area contributed by atoms with Crippen molar-refractivity contribution in [3.05, 3.63) is 59.2 Å². The third-order valence-electron chi connectivity index (χ3n) is 5.92. The first kappa shape index (κ1) is 19.8. The molecule has 5 heteroatoms. The van der Waals surface area contributed by atoms with Crippen LogP contribution in [0.5, 0.6) is 11.5 Å². The summed E-state index contributed by atoms with van der Waals surface area (Å²) in [5.41, 5.74) is 7.15. The van der Waals surface area contributed by atoms with E-state index in [1.165, 1.54) is 7.11 Å². The first-order valence-corrected chi connectivity index (χ1v) is 9.28. The lowest BCUT2D eigenvalue weighted by molar-refractivity contribution is -0.160. The summed E-state index contributed by atoms with van der Waals surface area (Å²) in [7, 11) is 1.54. The molecule has 0 unspecified atom stereocenters. The van der Waals surface area contributed by atoms with Crippen molar-refractivity contribution >= 4 is 5.91 Å². The van der Waals surface area contributed by atoms with Gasteiger partial charge in [0, 0.05) is 28.4 Å². The molecule has 1 fully saturated rings. The summed E-state index contributed by atoms with van der Waals surface area (Å²) in [4.78, 5) is 11.9. The van der Waals surface area contributed by atoms with Gasteiger partial charge in [-0.25, -0.2) is 0 Å². The van der Waals surface area contributed by atoms with Crippen LogP contribution in [0.25, 0.3) is 0 Å². The molecule has 0 radical (unpaired) electrons. The van der Waals surface area contributed by atoms with Crippen molar-refractivity contribution in [3.63, 3.8) is 0 Å². The SMILES string of the molecule is COc1cc(OC2C(C)(C)C(c3ccccc3C(N)=O)C2(C)C)ccc1C#N. The molecule has 146 valence electrons. The van der Waals surface area contributed by atoms with Gasteiger partial charge in [-0.2, -0.15) is 5.26 Å². The van der Waals surface area contributed by atoms with Crippen molar-refractivity contribution in [2.45, 2.75) is 39.7 Å². The van der Waals surface area contributed by atoms with E-state index in [2.05, 4.69) is 33.8 Å². The number of hydrogen-bond donors (Lipinski definition) is 1. The molecule has 3 rings (SSSR count). The zero-order valence-corrected chi connectivity index (χ0v) is 16.9. The number of hydrogen-bond acceptors (Lipinski definition) is 4. The monoisotopic (exact) mass is 378 g/mol. The number of nitrogens with two attached hydrogens (primary N) is 1. The van der Waals surface area contributed by atoms with Gasteiger partial charge in [0.25, 0.3) is 0 Å². The number of ether oxygens (including phenoxy) is 2. The smallest absolute Gasteiger partial charge is 0.248 e. The molecule has 0 aromatic heterocycles. The first-order valence-electron chi connectivity index (χ1n) is 9.28. The third kappa shape index (κ3) is 2.99. The standard InChI is InChI=1S/C23H26N2O3/c1-22(2)19(16-8-6-7-9-17(16)20(25)26)23(3,4)21(22)28-15-11-10-14(13-24)18(12-15)27-5/h6-12,19,21H,1-5H3,(H2,25,26). The molecule has 2 N–H and O–H groups in total. The molecule has 1 saturated carbocycles. The van der Waals surface area contributed by atoms with Gasteiger partial charge >= 0.3 is 0 Å². The molecule has 0 saturated heterocycles. The van der Waals surface area contributed by atoms with E-state index in [1.807, 2.05) is 18.2 Å². The predicted octanol–water partition coefficient (Wildman–Crippen LogP) is 4.26. The fourth-order valence-corrected chi connectivity index (χ4v) is 5.18. The van der Waals surface area contributed by atoms with Crippen LogP contribution < -0.4 is 15.2 Å². The average molecular weight is 378 g/mol. The van der Waals surface area contributed by atoms with Gasteiger partial charge in [-0.15, -0.1) is 0 Å². The van der Waals surface area contributed by atoms with Gasteiger partial charge in [0.05, 0.1) is 12.7 Å². The number of nitrogens with zero attached hydrogens (tertiary/aromatic N) is 1. The Hall–Kier alpha value is -3.00. The number of benzene rings is 2. The zero-order valence-electron chi connectivity index (χ0n) is 16.9. The number of carbonyl (C=O) groups excluding carboxylic acids is 1. The zero-order chi connectivity index (χ0) is 20.7. The van der Waals surface area contributed by atoms with Gasteiger partial charge in [0.15, 0.2) is 0 Å². The van der Waals surface area contributed by atoms with Gasteiger partial charge in [-0.1, -0.05) is 45.9 Å². The fraction of sp³-hybridized carbons (Fsp3) is 0.391. The third-order valence-corrected chi connectivity index (χ3v) is 5.92. The quantitative estimate of drug-likeness (QED) is 0.842. The highest BCUT2D eigenvalue weighted by Crippen LogP contribution is 2.65. The van der Waals surface area contributed by atoms with E-state index in [-0.39, 0.29) is 22.9 Å². The molecular weight excluding hydrogens is 352 g/mol. The molecule has 2 aromatic rings. The number of amides is 1. The van der Waals surface area contributed by atoms with Crippen molar-refractivity contribution < 1.29 is 14.3 Å². The second-order valence-corrected chi connectivity index (χ2v) is 8.50. The maximum atomic E-state index is 11.9. The molecule has 1 aliphatic rings. The summed E-state index contributed by atoms with van der Waals surface area (Å²) in [5, 5.41) is 9.17. The molecule has 2 aromatic carbocycles. The highest BCUT2D eigenvalue weighted by atomic mass is 16.5. The number of methoxy groups -OCH3 is 1. The molecule has 0 atom stereocenters. The number of carbonyl (C=O) groups is 1. The summed E-state index contributed by atoms with van der Waals surface area (Å²) in [6.07, 6.45) is -0.0939. The molecule has 0 aliphatic heterocycles. The van der Waals surface area contributed by atoms with Gasteiger partial charge in [0.2, 0.25) is 5.91 Å². The van der Waals surface area contributed by atoms with Gasteiger partial charge < -0.3 is 15.2 Å². The van der Waals surface area contributed by atoms with Crippen LogP contribution in [-0.2, 0) is 0 Å².